The van der Waals surface area contributed by atoms with Gasteiger partial charge in [-0.05, 0) is 51.2 Å². The fourth-order valence-corrected chi connectivity index (χ4v) is 3.68. The van der Waals surface area contributed by atoms with Crippen molar-refractivity contribution >= 4 is 0 Å². The molecule has 0 aromatic rings. The molecule has 1 aliphatic carbocycles. The third-order valence-corrected chi connectivity index (χ3v) is 4.88. The molecule has 0 radical (unpaired) electrons. The molecule has 0 spiro atoms. The second-order valence-corrected chi connectivity index (χ2v) is 6.05. The lowest BCUT2D eigenvalue weighted by Crippen LogP contribution is -2.48. The summed E-state index contributed by atoms with van der Waals surface area (Å²) in [5.41, 5.74) is 5.86. The Labute approximate surface area is 113 Å². The van der Waals surface area contributed by atoms with Gasteiger partial charge in [0.05, 0.1) is 5.92 Å². The molecule has 2 N–H and O–H groups in total. The molecule has 19 heavy (non-hydrogen) atoms. The van der Waals surface area contributed by atoms with Gasteiger partial charge in [0.2, 0.25) is 0 Å². The summed E-state index contributed by atoms with van der Waals surface area (Å²) in [5, 5.41) is 0. The number of hydrogen-bond donors (Lipinski definition) is 1. The van der Waals surface area contributed by atoms with Gasteiger partial charge in [-0.1, -0.05) is 19.3 Å². The minimum absolute atomic E-state index is 0.261. The quantitative estimate of drug-likeness (QED) is 0.786. The highest BCUT2D eigenvalue weighted by Gasteiger charge is 2.42. The van der Waals surface area contributed by atoms with E-state index in [0.29, 0.717) is 31.6 Å². The van der Waals surface area contributed by atoms with Gasteiger partial charge >= 0.3 is 6.18 Å². The SMILES string of the molecule is NCC1CCCCCC1N1CCC(C(F)(F)F)CC1. The van der Waals surface area contributed by atoms with E-state index in [0.717, 1.165) is 12.8 Å². The van der Waals surface area contributed by atoms with E-state index in [9.17, 15) is 13.2 Å². The van der Waals surface area contributed by atoms with Gasteiger partial charge in [0, 0.05) is 6.04 Å². The lowest BCUT2D eigenvalue weighted by Gasteiger charge is -2.40. The average Bonchev–Trinajstić information content (AvgIpc) is 2.62. The molecule has 1 saturated heterocycles. The van der Waals surface area contributed by atoms with Gasteiger partial charge in [-0.15, -0.1) is 0 Å². The largest absolute Gasteiger partial charge is 0.391 e. The van der Waals surface area contributed by atoms with Gasteiger partial charge < -0.3 is 10.6 Å². The van der Waals surface area contributed by atoms with E-state index in [1.807, 2.05) is 0 Å². The first-order valence-electron chi connectivity index (χ1n) is 7.53. The first-order valence-corrected chi connectivity index (χ1v) is 7.53. The first-order chi connectivity index (χ1) is 9.02. The summed E-state index contributed by atoms with van der Waals surface area (Å²) in [6, 6.07) is 0.418. The molecule has 0 aromatic carbocycles. The molecule has 112 valence electrons. The maximum Gasteiger partial charge on any atom is 0.391 e. The normalized spacial score (nSPS) is 32.2. The zero-order chi connectivity index (χ0) is 13.9. The number of alkyl halides is 3. The Morgan fingerprint density at radius 1 is 0.947 bits per heavy atom. The van der Waals surface area contributed by atoms with Crippen LogP contribution in [0, 0.1) is 11.8 Å². The second kappa shape index (κ2) is 6.44. The predicted molar refractivity (Wildman–Crippen MR) is 69.8 cm³/mol. The van der Waals surface area contributed by atoms with Gasteiger partial charge in [-0.25, -0.2) is 0 Å². The third-order valence-electron chi connectivity index (χ3n) is 4.88. The van der Waals surface area contributed by atoms with Crippen molar-refractivity contribution < 1.29 is 13.2 Å². The smallest absolute Gasteiger partial charge is 0.330 e. The summed E-state index contributed by atoms with van der Waals surface area (Å²) in [5.74, 6) is -0.615. The van der Waals surface area contributed by atoms with Gasteiger partial charge in [0.25, 0.3) is 0 Å². The van der Waals surface area contributed by atoms with Crippen LogP contribution in [-0.4, -0.2) is 36.8 Å². The molecule has 0 aromatic heterocycles. The summed E-state index contributed by atoms with van der Waals surface area (Å²) in [4.78, 5) is 2.28. The Morgan fingerprint density at radius 2 is 1.58 bits per heavy atom. The fraction of sp³-hybridized carbons (Fsp3) is 1.00. The van der Waals surface area contributed by atoms with Crippen LogP contribution in [0.5, 0.6) is 0 Å². The zero-order valence-electron chi connectivity index (χ0n) is 11.5. The topological polar surface area (TPSA) is 29.3 Å². The minimum Gasteiger partial charge on any atom is -0.330 e. The number of halogens is 3. The number of nitrogens with two attached hydrogens (primary N) is 1. The first kappa shape index (κ1) is 15.1. The molecule has 0 bridgehead atoms. The summed E-state index contributed by atoms with van der Waals surface area (Å²) < 4.78 is 38.0. The number of rotatable bonds is 2. The van der Waals surface area contributed by atoms with Crippen molar-refractivity contribution in [3.8, 4) is 0 Å². The zero-order valence-corrected chi connectivity index (χ0v) is 11.5. The van der Waals surface area contributed by atoms with Crippen LogP contribution in [0.1, 0.15) is 44.9 Å². The van der Waals surface area contributed by atoms with E-state index < -0.39 is 12.1 Å². The van der Waals surface area contributed by atoms with E-state index in [1.54, 1.807) is 0 Å². The molecule has 2 rings (SSSR count). The van der Waals surface area contributed by atoms with E-state index in [2.05, 4.69) is 4.90 Å². The van der Waals surface area contributed by atoms with Crippen LogP contribution in [-0.2, 0) is 0 Å². The molecule has 2 atom stereocenters. The van der Waals surface area contributed by atoms with Crippen LogP contribution in [0.15, 0.2) is 0 Å². The van der Waals surface area contributed by atoms with Gasteiger partial charge in [-0.3, -0.25) is 0 Å². The number of likely N-dealkylation sites (tertiary alicyclic amines) is 1. The van der Waals surface area contributed by atoms with Crippen LogP contribution in [0.2, 0.25) is 0 Å². The maximum atomic E-state index is 12.7. The lowest BCUT2D eigenvalue weighted by atomic mass is 9.89. The molecule has 2 fully saturated rings. The molecular formula is C14H25F3N2. The van der Waals surface area contributed by atoms with Crippen LogP contribution in [0.4, 0.5) is 13.2 Å². The van der Waals surface area contributed by atoms with E-state index in [1.165, 1.54) is 19.3 Å². The minimum atomic E-state index is -4.01. The molecule has 2 unspecified atom stereocenters. The van der Waals surface area contributed by atoms with Crippen molar-refractivity contribution in [1.29, 1.82) is 0 Å². The van der Waals surface area contributed by atoms with Crippen molar-refractivity contribution in [3.63, 3.8) is 0 Å². The number of hydrogen-bond acceptors (Lipinski definition) is 2. The number of nitrogens with zero attached hydrogens (tertiary/aromatic N) is 1. The Hall–Kier alpha value is -0.290. The third kappa shape index (κ3) is 3.85. The van der Waals surface area contributed by atoms with Crippen molar-refractivity contribution in [2.75, 3.05) is 19.6 Å². The highest BCUT2D eigenvalue weighted by molar-refractivity contribution is 4.86. The lowest BCUT2D eigenvalue weighted by molar-refractivity contribution is -0.186. The second-order valence-electron chi connectivity index (χ2n) is 6.05. The molecule has 2 aliphatic rings. The van der Waals surface area contributed by atoms with E-state index in [-0.39, 0.29) is 12.8 Å². The summed E-state index contributed by atoms with van der Waals surface area (Å²) in [7, 11) is 0. The fourth-order valence-electron chi connectivity index (χ4n) is 3.68. The predicted octanol–water partition coefficient (Wildman–Crippen LogP) is 3.17. The number of piperidine rings is 1. The molecule has 1 heterocycles. The Bertz CT molecular complexity index is 272. The Morgan fingerprint density at radius 3 is 2.16 bits per heavy atom. The van der Waals surface area contributed by atoms with Crippen molar-refractivity contribution in [1.82, 2.24) is 4.90 Å². The molecule has 1 saturated carbocycles. The molecule has 1 aliphatic heterocycles. The Balaban J connectivity index is 1.91. The molecule has 0 amide bonds. The van der Waals surface area contributed by atoms with Crippen molar-refractivity contribution in [2.24, 2.45) is 17.6 Å². The van der Waals surface area contributed by atoms with Crippen molar-refractivity contribution in [2.45, 2.75) is 57.2 Å². The summed E-state index contributed by atoms with van der Waals surface area (Å²) >= 11 is 0. The van der Waals surface area contributed by atoms with Crippen molar-refractivity contribution in [3.05, 3.63) is 0 Å². The molecule has 5 heteroatoms. The standard InChI is InChI=1S/C14H25F3N2/c15-14(16,17)12-6-8-19(9-7-12)13-5-3-1-2-4-11(13)10-18/h11-13H,1-10,18H2. The van der Waals surface area contributed by atoms with E-state index >= 15 is 0 Å². The van der Waals surface area contributed by atoms with Crippen LogP contribution >= 0.6 is 0 Å². The highest BCUT2D eigenvalue weighted by atomic mass is 19.4. The van der Waals surface area contributed by atoms with Gasteiger partial charge in [0.1, 0.15) is 0 Å². The van der Waals surface area contributed by atoms with Crippen LogP contribution in [0.25, 0.3) is 0 Å². The monoisotopic (exact) mass is 278 g/mol. The van der Waals surface area contributed by atoms with Crippen LogP contribution < -0.4 is 5.73 Å². The summed E-state index contributed by atoms with van der Waals surface area (Å²) in [6.07, 6.45) is 2.42. The van der Waals surface area contributed by atoms with E-state index in [4.69, 9.17) is 5.73 Å². The van der Waals surface area contributed by atoms with Crippen LogP contribution in [0.3, 0.4) is 0 Å². The molecule has 2 nitrogen and oxygen atoms in total. The van der Waals surface area contributed by atoms with Gasteiger partial charge in [-0.2, -0.15) is 13.2 Å². The average molecular weight is 278 g/mol. The Kier molecular flexibility index (Phi) is 5.12. The maximum absolute atomic E-state index is 12.7. The molecular weight excluding hydrogens is 253 g/mol. The van der Waals surface area contributed by atoms with Gasteiger partial charge in [0.15, 0.2) is 0 Å². The summed E-state index contributed by atoms with van der Waals surface area (Å²) in [6.45, 7) is 1.85. The highest BCUT2D eigenvalue weighted by Crippen LogP contribution is 2.36.